The summed E-state index contributed by atoms with van der Waals surface area (Å²) in [4.78, 5) is 14.3. The van der Waals surface area contributed by atoms with Crippen LogP contribution < -0.4 is 5.73 Å². The van der Waals surface area contributed by atoms with Crippen molar-refractivity contribution in [3.05, 3.63) is 65.7 Å². The number of hydrogen-bond acceptors (Lipinski definition) is 2. The van der Waals surface area contributed by atoms with E-state index in [4.69, 9.17) is 5.73 Å². The van der Waals surface area contributed by atoms with E-state index < -0.39 is 0 Å². The molecule has 0 saturated carbocycles. The maximum Gasteiger partial charge on any atom is 0.253 e. The summed E-state index contributed by atoms with van der Waals surface area (Å²) in [6.45, 7) is 1.59. The van der Waals surface area contributed by atoms with E-state index in [1.165, 1.54) is 5.56 Å². The molecule has 0 bridgehead atoms. The summed E-state index contributed by atoms with van der Waals surface area (Å²) in [5.74, 6) is 0.517. The number of nitrogen functional groups attached to an aromatic ring is 1. The molecule has 1 atom stereocenters. The van der Waals surface area contributed by atoms with E-state index in [2.05, 4.69) is 6.07 Å². The molecule has 3 rings (SSSR count). The van der Waals surface area contributed by atoms with Gasteiger partial charge in [0.15, 0.2) is 0 Å². The van der Waals surface area contributed by atoms with E-state index in [9.17, 15) is 4.79 Å². The van der Waals surface area contributed by atoms with Crippen LogP contribution in [-0.4, -0.2) is 23.9 Å². The Kier molecular flexibility index (Phi) is 3.42. The Labute approximate surface area is 119 Å². The van der Waals surface area contributed by atoms with Crippen molar-refractivity contribution in [3.8, 4) is 0 Å². The average Bonchev–Trinajstić information content (AvgIpc) is 2.97. The molecule has 3 heteroatoms. The normalized spacial score (nSPS) is 18.2. The number of anilines is 1. The van der Waals surface area contributed by atoms with E-state index in [-0.39, 0.29) is 5.91 Å². The molecular weight excluding hydrogens is 248 g/mol. The molecule has 1 heterocycles. The minimum absolute atomic E-state index is 0.122. The van der Waals surface area contributed by atoms with Crippen molar-refractivity contribution in [1.82, 2.24) is 4.90 Å². The zero-order chi connectivity index (χ0) is 13.9. The smallest absolute Gasteiger partial charge is 0.253 e. The fourth-order valence-electron chi connectivity index (χ4n) is 2.79. The summed E-state index contributed by atoms with van der Waals surface area (Å²) in [6, 6.07) is 17.5. The monoisotopic (exact) mass is 266 g/mol. The first-order valence-electron chi connectivity index (χ1n) is 6.94. The maximum absolute atomic E-state index is 12.4. The predicted molar refractivity (Wildman–Crippen MR) is 80.6 cm³/mol. The molecule has 1 unspecified atom stereocenters. The summed E-state index contributed by atoms with van der Waals surface area (Å²) in [5, 5.41) is 0. The molecule has 0 spiro atoms. The molecule has 102 valence electrons. The first-order valence-corrected chi connectivity index (χ1v) is 6.94. The van der Waals surface area contributed by atoms with Crippen LogP contribution in [0.5, 0.6) is 0 Å². The predicted octanol–water partition coefficient (Wildman–Crippen LogP) is 2.90. The Morgan fingerprint density at radius 1 is 1.10 bits per heavy atom. The standard InChI is InChI=1S/C17H18N2O/c18-16-8-4-7-14(11-16)15-9-10-19(12-15)17(20)13-5-2-1-3-6-13/h1-8,11,15H,9-10,12,18H2. The van der Waals surface area contributed by atoms with Gasteiger partial charge < -0.3 is 10.6 Å². The van der Waals surface area contributed by atoms with Crippen LogP contribution in [0.2, 0.25) is 0 Å². The molecule has 2 aromatic rings. The van der Waals surface area contributed by atoms with Crippen LogP contribution in [0.4, 0.5) is 5.69 Å². The van der Waals surface area contributed by atoms with Gasteiger partial charge in [-0.05, 0) is 36.2 Å². The highest BCUT2D eigenvalue weighted by molar-refractivity contribution is 5.94. The topological polar surface area (TPSA) is 46.3 Å². The third kappa shape index (κ3) is 2.52. The summed E-state index contributed by atoms with van der Waals surface area (Å²) in [5.41, 5.74) is 8.61. The van der Waals surface area contributed by atoms with Gasteiger partial charge >= 0.3 is 0 Å². The van der Waals surface area contributed by atoms with Gasteiger partial charge in [0.1, 0.15) is 0 Å². The number of carbonyl (C=O) groups excluding carboxylic acids is 1. The molecule has 1 amide bonds. The number of nitrogens with zero attached hydrogens (tertiary/aromatic N) is 1. The second-order valence-corrected chi connectivity index (χ2v) is 5.27. The van der Waals surface area contributed by atoms with E-state index in [1.54, 1.807) is 0 Å². The van der Waals surface area contributed by atoms with Crippen molar-refractivity contribution in [2.24, 2.45) is 0 Å². The van der Waals surface area contributed by atoms with Crippen LogP contribution in [0.1, 0.15) is 28.3 Å². The molecule has 1 fully saturated rings. The van der Waals surface area contributed by atoms with Gasteiger partial charge in [-0.3, -0.25) is 4.79 Å². The molecule has 3 nitrogen and oxygen atoms in total. The van der Waals surface area contributed by atoms with Crippen LogP contribution >= 0.6 is 0 Å². The molecule has 0 aromatic heterocycles. The summed E-state index contributed by atoms with van der Waals surface area (Å²) < 4.78 is 0. The molecule has 20 heavy (non-hydrogen) atoms. The van der Waals surface area contributed by atoms with Crippen molar-refractivity contribution in [1.29, 1.82) is 0 Å². The average molecular weight is 266 g/mol. The number of likely N-dealkylation sites (tertiary alicyclic amines) is 1. The van der Waals surface area contributed by atoms with Crippen LogP contribution in [0.3, 0.4) is 0 Å². The van der Waals surface area contributed by atoms with Crippen LogP contribution in [0.25, 0.3) is 0 Å². The lowest BCUT2D eigenvalue weighted by molar-refractivity contribution is 0.0791. The van der Waals surface area contributed by atoms with Gasteiger partial charge in [-0.2, -0.15) is 0 Å². The number of nitrogens with two attached hydrogens (primary N) is 1. The van der Waals surface area contributed by atoms with Gasteiger partial charge in [-0.1, -0.05) is 30.3 Å². The second kappa shape index (κ2) is 5.37. The van der Waals surface area contributed by atoms with Gasteiger partial charge in [-0.25, -0.2) is 0 Å². The lowest BCUT2D eigenvalue weighted by Gasteiger charge is -2.17. The number of hydrogen-bond donors (Lipinski definition) is 1. The SMILES string of the molecule is Nc1cccc(C2CCN(C(=O)c3ccccc3)C2)c1. The third-order valence-electron chi connectivity index (χ3n) is 3.88. The molecule has 2 aromatic carbocycles. The summed E-state index contributed by atoms with van der Waals surface area (Å²) >= 11 is 0. The molecule has 1 aliphatic rings. The van der Waals surface area contributed by atoms with Crippen molar-refractivity contribution in [3.63, 3.8) is 0 Å². The molecule has 0 aliphatic carbocycles. The highest BCUT2D eigenvalue weighted by Crippen LogP contribution is 2.29. The van der Waals surface area contributed by atoms with Crippen molar-refractivity contribution in [2.45, 2.75) is 12.3 Å². The quantitative estimate of drug-likeness (QED) is 0.850. The maximum atomic E-state index is 12.4. The second-order valence-electron chi connectivity index (χ2n) is 5.27. The number of benzene rings is 2. The summed E-state index contributed by atoms with van der Waals surface area (Å²) in [6.07, 6.45) is 1.00. The minimum Gasteiger partial charge on any atom is -0.399 e. The summed E-state index contributed by atoms with van der Waals surface area (Å²) in [7, 11) is 0. The molecule has 2 N–H and O–H groups in total. The first kappa shape index (κ1) is 12.7. The van der Waals surface area contributed by atoms with Gasteiger partial charge in [0.25, 0.3) is 5.91 Å². The Bertz CT molecular complexity index is 609. The van der Waals surface area contributed by atoms with Crippen molar-refractivity contribution >= 4 is 11.6 Å². The van der Waals surface area contributed by atoms with Crippen molar-refractivity contribution < 1.29 is 4.79 Å². The van der Waals surface area contributed by atoms with Gasteiger partial charge in [0.05, 0.1) is 0 Å². The van der Waals surface area contributed by atoms with Crippen LogP contribution in [0, 0.1) is 0 Å². The third-order valence-corrected chi connectivity index (χ3v) is 3.88. The van der Waals surface area contributed by atoms with E-state index in [0.29, 0.717) is 5.92 Å². The molecular formula is C17H18N2O. The fraction of sp³-hybridized carbons (Fsp3) is 0.235. The zero-order valence-corrected chi connectivity index (χ0v) is 11.3. The Hall–Kier alpha value is -2.29. The zero-order valence-electron chi connectivity index (χ0n) is 11.3. The molecule has 1 saturated heterocycles. The number of rotatable bonds is 2. The highest BCUT2D eigenvalue weighted by atomic mass is 16.2. The lowest BCUT2D eigenvalue weighted by Crippen LogP contribution is -2.28. The van der Waals surface area contributed by atoms with Gasteiger partial charge in [0.2, 0.25) is 0 Å². The van der Waals surface area contributed by atoms with Crippen LogP contribution in [-0.2, 0) is 0 Å². The lowest BCUT2D eigenvalue weighted by atomic mass is 9.98. The van der Waals surface area contributed by atoms with E-state index in [0.717, 1.165) is 30.8 Å². The van der Waals surface area contributed by atoms with Crippen LogP contribution in [0.15, 0.2) is 54.6 Å². The molecule has 1 aliphatic heterocycles. The van der Waals surface area contributed by atoms with Gasteiger partial charge in [0, 0.05) is 30.3 Å². The fourth-order valence-corrected chi connectivity index (χ4v) is 2.79. The van der Waals surface area contributed by atoms with Crippen molar-refractivity contribution in [2.75, 3.05) is 18.8 Å². The number of carbonyl (C=O) groups is 1. The Morgan fingerprint density at radius 3 is 2.65 bits per heavy atom. The Morgan fingerprint density at radius 2 is 1.90 bits per heavy atom. The van der Waals surface area contributed by atoms with E-state index >= 15 is 0 Å². The minimum atomic E-state index is 0.122. The molecule has 0 radical (unpaired) electrons. The number of amides is 1. The first-order chi connectivity index (χ1) is 9.74. The van der Waals surface area contributed by atoms with E-state index in [1.807, 2.05) is 53.4 Å². The highest BCUT2D eigenvalue weighted by Gasteiger charge is 2.27. The largest absolute Gasteiger partial charge is 0.399 e. The van der Waals surface area contributed by atoms with Gasteiger partial charge in [-0.15, -0.1) is 0 Å². The Balaban J connectivity index is 1.72.